The van der Waals surface area contributed by atoms with Gasteiger partial charge in [0.15, 0.2) is 5.96 Å². The molecule has 16 heavy (non-hydrogen) atoms. The van der Waals surface area contributed by atoms with Gasteiger partial charge < -0.3 is 11.5 Å². The lowest BCUT2D eigenvalue weighted by atomic mass is 10.1. The smallest absolute Gasteiger partial charge is 0.272 e. The molecule has 0 heterocycles. The molecule has 0 spiro atoms. The molecule has 0 aliphatic carbocycles. The van der Waals surface area contributed by atoms with Crippen molar-refractivity contribution in [3.63, 3.8) is 0 Å². The molecule has 1 aromatic rings. The molecule has 0 saturated carbocycles. The SMILES string of the molecule is Cc1cc(CN=C(N)N)ccc1[N+](=O)[O-].Cl. The molecule has 0 fully saturated rings. The summed E-state index contributed by atoms with van der Waals surface area (Å²) < 4.78 is 0. The first kappa shape index (κ1) is 14.2. The topological polar surface area (TPSA) is 108 Å². The van der Waals surface area contributed by atoms with Gasteiger partial charge in [-0.2, -0.15) is 0 Å². The second-order valence-corrected chi connectivity index (χ2v) is 3.12. The van der Waals surface area contributed by atoms with E-state index in [2.05, 4.69) is 4.99 Å². The number of hydrogen-bond donors (Lipinski definition) is 2. The summed E-state index contributed by atoms with van der Waals surface area (Å²) in [7, 11) is 0. The van der Waals surface area contributed by atoms with Gasteiger partial charge in [0.05, 0.1) is 11.5 Å². The normalized spacial score (nSPS) is 9.06. The van der Waals surface area contributed by atoms with Crippen LogP contribution < -0.4 is 11.5 Å². The van der Waals surface area contributed by atoms with Crippen LogP contribution in [0.2, 0.25) is 0 Å². The van der Waals surface area contributed by atoms with Gasteiger partial charge in [-0.15, -0.1) is 12.4 Å². The summed E-state index contributed by atoms with van der Waals surface area (Å²) in [5.41, 5.74) is 11.9. The van der Waals surface area contributed by atoms with Crippen molar-refractivity contribution in [1.29, 1.82) is 0 Å². The molecule has 0 bridgehead atoms. The standard InChI is InChI=1S/C9H12N4O2.ClH/c1-6-4-7(5-12-9(10)11)2-3-8(6)13(14)15;/h2-4H,5H2,1H3,(H4,10,11,12);1H. The lowest BCUT2D eigenvalue weighted by Gasteiger charge is -2.00. The second kappa shape index (κ2) is 5.92. The van der Waals surface area contributed by atoms with E-state index in [0.29, 0.717) is 12.1 Å². The van der Waals surface area contributed by atoms with Crippen molar-refractivity contribution >= 4 is 24.1 Å². The van der Waals surface area contributed by atoms with Crippen molar-refractivity contribution in [3.8, 4) is 0 Å². The molecule has 0 aliphatic heterocycles. The lowest BCUT2D eigenvalue weighted by Crippen LogP contribution is -2.22. The zero-order chi connectivity index (χ0) is 11.4. The van der Waals surface area contributed by atoms with Gasteiger partial charge in [0.2, 0.25) is 0 Å². The quantitative estimate of drug-likeness (QED) is 0.359. The molecule has 0 amide bonds. The van der Waals surface area contributed by atoms with Gasteiger partial charge in [-0.3, -0.25) is 10.1 Å². The molecule has 1 rings (SSSR count). The summed E-state index contributed by atoms with van der Waals surface area (Å²) in [6, 6.07) is 4.79. The van der Waals surface area contributed by atoms with Gasteiger partial charge in [0.1, 0.15) is 0 Å². The van der Waals surface area contributed by atoms with Crippen LogP contribution in [0.4, 0.5) is 5.69 Å². The third-order valence-electron chi connectivity index (χ3n) is 1.90. The molecule has 7 heteroatoms. The zero-order valence-electron chi connectivity index (χ0n) is 8.71. The van der Waals surface area contributed by atoms with E-state index in [9.17, 15) is 10.1 Å². The number of nitro benzene ring substituents is 1. The Morgan fingerprint density at radius 2 is 2.12 bits per heavy atom. The van der Waals surface area contributed by atoms with Gasteiger partial charge in [0.25, 0.3) is 5.69 Å². The number of hydrogen-bond acceptors (Lipinski definition) is 3. The van der Waals surface area contributed by atoms with Crippen LogP contribution in [-0.2, 0) is 6.54 Å². The third-order valence-corrected chi connectivity index (χ3v) is 1.90. The minimum atomic E-state index is -0.417. The molecule has 0 radical (unpaired) electrons. The molecular formula is C9H13ClN4O2. The van der Waals surface area contributed by atoms with Crippen molar-refractivity contribution < 1.29 is 4.92 Å². The van der Waals surface area contributed by atoms with Crippen molar-refractivity contribution in [2.75, 3.05) is 0 Å². The summed E-state index contributed by atoms with van der Waals surface area (Å²) in [6.07, 6.45) is 0. The van der Waals surface area contributed by atoms with Crippen LogP contribution in [0, 0.1) is 17.0 Å². The van der Waals surface area contributed by atoms with Crippen LogP contribution in [0.15, 0.2) is 23.2 Å². The molecule has 6 nitrogen and oxygen atoms in total. The molecule has 1 aromatic carbocycles. The number of guanidine groups is 1. The molecule has 4 N–H and O–H groups in total. The Morgan fingerprint density at radius 3 is 2.56 bits per heavy atom. The van der Waals surface area contributed by atoms with Crippen LogP contribution in [0.25, 0.3) is 0 Å². The molecule has 0 aliphatic rings. The van der Waals surface area contributed by atoms with Gasteiger partial charge in [0, 0.05) is 11.6 Å². The Labute approximate surface area is 98.9 Å². The van der Waals surface area contributed by atoms with Crippen LogP contribution >= 0.6 is 12.4 Å². The van der Waals surface area contributed by atoms with Crippen LogP contribution in [-0.4, -0.2) is 10.9 Å². The van der Waals surface area contributed by atoms with Gasteiger partial charge >= 0.3 is 0 Å². The van der Waals surface area contributed by atoms with Gasteiger partial charge in [-0.25, -0.2) is 4.99 Å². The summed E-state index contributed by atoms with van der Waals surface area (Å²) in [5, 5.41) is 10.5. The number of aryl methyl sites for hydroxylation is 1. The Morgan fingerprint density at radius 1 is 1.50 bits per heavy atom. The summed E-state index contributed by atoms with van der Waals surface area (Å²) in [4.78, 5) is 13.9. The summed E-state index contributed by atoms with van der Waals surface area (Å²) in [6.45, 7) is 2.01. The Hall–Kier alpha value is -1.82. The van der Waals surface area contributed by atoms with Gasteiger partial charge in [-0.05, 0) is 18.6 Å². The Kier molecular flexibility index (Phi) is 5.24. The van der Waals surface area contributed by atoms with Crippen molar-refractivity contribution in [2.24, 2.45) is 16.5 Å². The predicted molar refractivity (Wildman–Crippen MR) is 64.6 cm³/mol. The van der Waals surface area contributed by atoms with E-state index in [0.717, 1.165) is 5.56 Å². The van der Waals surface area contributed by atoms with E-state index in [1.165, 1.54) is 6.07 Å². The maximum atomic E-state index is 10.5. The first-order valence-corrected chi connectivity index (χ1v) is 4.30. The van der Waals surface area contributed by atoms with E-state index in [4.69, 9.17) is 11.5 Å². The van der Waals surface area contributed by atoms with E-state index in [1.807, 2.05) is 0 Å². The fourth-order valence-electron chi connectivity index (χ4n) is 1.20. The number of rotatable bonds is 3. The third kappa shape index (κ3) is 3.74. The molecule has 0 atom stereocenters. The summed E-state index contributed by atoms with van der Waals surface area (Å²) >= 11 is 0. The highest BCUT2D eigenvalue weighted by Gasteiger charge is 2.09. The highest BCUT2D eigenvalue weighted by atomic mass is 35.5. The number of benzene rings is 1. The minimum absolute atomic E-state index is 0. The van der Waals surface area contributed by atoms with Gasteiger partial charge in [-0.1, -0.05) is 6.07 Å². The fraction of sp³-hybridized carbons (Fsp3) is 0.222. The molecular weight excluding hydrogens is 232 g/mol. The number of aliphatic imine (C=N–C) groups is 1. The minimum Gasteiger partial charge on any atom is -0.370 e. The maximum Gasteiger partial charge on any atom is 0.272 e. The average molecular weight is 245 g/mol. The van der Waals surface area contributed by atoms with Crippen LogP contribution in [0.5, 0.6) is 0 Å². The number of nitrogens with two attached hydrogens (primary N) is 2. The number of nitrogens with zero attached hydrogens (tertiary/aromatic N) is 2. The largest absolute Gasteiger partial charge is 0.370 e. The zero-order valence-corrected chi connectivity index (χ0v) is 9.53. The second-order valence-electron chi connectivity index (χ2n) is 3.12. The van der Waals surface area contributed by atoms with E-state index >= 15 is 0 Å². The van der Waals surface area contributed by atoms with Crippen LogP contribution in [0.3, 0.4) is 0 Å². The van der Waals surface area contributed by atoms with Crippen LogP contribution in [0.1, 0.15) is 11.1 Å². The summed E-state index contributed by atoms with van der Waals surface area (Å²) in [5.74, 6) is 0.00556. The Bertz CT molecular complexity index is 416. The van der Waals surface area contributed by atoms with E-state index in [1.54, 1.807) is 19.1 Å². The maximum absolute atomic E-state index is 10.5. The highest BCUT2D eigenvalue weighted by Crippen LogP contribution is 2.18. The van der Waals surface area contributed by atoms with Crippen molar-refractivity contribution in [1.82, 2.24) is 0 Å². The first-order chi connectivity index (χ1) is 7.00. The molecule has 0 unspecified atom stereocenters. The predicted octanol–water partition coefficient (Wildman–Crippen LogP) is 1.10. The monoisotopic (exact) mass is 244 g/mol. The Balaban J connectivity index is 0.00000225. The number of halogens is 1. The number of nitro groups is 1. The van der Waals surface area contributed by atoms with Crippen molar-refractivity contribution in [2.45, 2.75) is 13.5 Å². The first-order valence-electron chi connectivity index (χ1n) is 4.30. The molecule has 0 saturated heterocycles. The van der Waals surface area contributed by atoms with E-state index < -0.39 is 4.92 Å². The molecule has 88 valence electrons. The van der Waals surface area contributed by atoms with E-state index in [-0.39, 0.29) is 24.1 Å². The average Bonchev–Trinajstić information content (AvgIpc) is 2.14. The lowest BCUT2D eigenvalue weighted by molar-refractivity contribution is -0.385. The van der Waals surface area contributed by atoms with Crippen molar-refractivity contribution in [3.05, 3.63) is 39.4 Å². The fourth-order valence-corrected chi connectivity index (χ4v) is 1.20. The highest BCUT2D eigenvalue weighted by molar-refractivity contribution is 5.85. The molecule has 0 aromatic heterocycles.